The molecule has 36 heavy (non-hydrogen) atoms. The summed E-state index contributed by atoms with van der Waals surface area (Å²) in [6.45, 7) is 12.5. The van der Waals surface area contributed by atoms with Gasteiger partial charge in [0.15, 0.2) is 0 Å². The summed E-state index contributed by atoms with van der Waals surface area (Å²) in [5.74, 6) is 0. The Hall–Kier alpha value is -2.71. The number of alkyl halides is 3. The summed E-state index contributed by atoms with van der Waals surface area (Å²) < 4.78 is 47.9. The van der Waals surface area contributed by atoms with E-state index in [1.54, 1.807) is 13.1 Å². The third-order valence-corrected chi connectivity index (χ3v) is 6.30. The Balaban J connectivity index is 1.90. The maximum Gasteiger partial charge on any atom is 0.433 e. The molecule has 0 saturated carbocycles. The van der Waals surface area contributed by atoms with Gasteiger partial charge in [-0.15, -0.1) is 0 Å². The van der Waals surface area contributed by atoms with E-state index in [-0.39, 0.29) is 17.7 Å². The second kappa shape index (κ2) is 13.0. The highest BCUT2D eigenvalue weighted by Crippen LogP contribution is 2.32. The molecule has 1 aromatic carbocycles. The molecular weight excluding hydrogens is 465 g/mol. The third kappa shape index (κ3) is 7.64. The molecule has 0 N–H and O–H groups in total. The average molecular weight is 503 g/mol. The van der Waals surface area contributed by atoms with Crippen LogP contribution in [0.4, 0.5) is 18.9 Å². The molecule has 3 rings (SSSR count). The van der Waals surface area contributed by atoms with Gasteiger partial charge in [-0.05, 0) is 68.5 Å². The highest BCUT2D eigenvalue weighted by Gasteiger charge is 2.36. The summed E-state index contributed by atoms with van der Waals surface area (Å²) in [5.41, 5.74) is 2.82. The maximum atomic E-state index is 14.2. The Bertz CT molecular complexity index is 1060. The van der Waals surface area contributed by atoms with Gasteiger partial charge in [0, 0.05) is 44.6 Å². The number of nitrogens with zero attached hydrogens (tertiary/aromatic N) is 4. The number of rotatable bonds is 10. The highest BCUT2D eigenvalue weighted by molar-refractivity contribution is 5.99. The van der Waals surface area contributed by atoms with Gasteiger partial charge in [-0.3, -0.25) is 9.88 Å². The summed E-state index contributed by atoms with van der Waals surface area (Å²) in [7, 11) is 0. The van der Waals surface area contributed by atoms with Gasteiger partial charge in [-0.2, -0.15) is 13.2 Å². The van der Waals surface area contributed by atoms with Crippen LogP contribution in [0.15, 0.2) is 58.9 Å². The number of aromatic nitrogens is 1. The predicted molar refractivity (Wildman–Crippen MR) is 140 cm³/mol. The first-order valence-electron chi connectivity index (χ1n) is 12.6. The number of ether oxygens (including phenoxy) is 1. The fourth-order valence-electron chi connectivity index (χ4n) is 4.51. The lowest BCUT2D eigenvalue weighted by Gasteiger charge is -2.27. The molecule has 0 spiro atoms. The Morgan fingerprint density at radius 1 is 1.11 bits per heavy atom. The summed E-state index contributed by atoms with van der Waals surface area (Å²) in [6.07, 6.45) is -1.79. The van der Waals surface area contributed by atoms with Crippen molar-refractivity contribution in [3.8, 4) is 0 Å². The number of pyridine rings is 1. The molecule has 2 heterocycles. The van der Waals surface area contributed by atoms with Crippen molar-refractivity contribution in [3.05, 3.63) is 70.7 Å². The summed E-state index contributed by atoms with van der Waals surface area (Å²) in [6, 6.07) is 11.5. The van der Waals surface area contributed by atoms with Crippen LogP contribution in [0.3, 0.4) is 0 Å². The van der Waals surface area contributed by atoms with Crippen LogP contribution in [0.2, 0.25) is 0 Å². The van der Waals surface area contributed by atoms with Crippen LogP contribution in [-0.2, 0) is 17.7 Å². The number of allylic oxidation sites excluding steroid dienone is 2. The van der Waals surface area contributed by atoms with E-state index in [9.17, 15) is 13.2 Å². The van der Waals surface area contributed by atoms with Gasteiger partial charge in [-0.1, -0.05) is 25.1 Å². The van der Waals surface area contributed by atoms with Crippen LogP contribution in [0.5, 0.6) is 0 Å². The summed E-state index contributed by atoms with van der Waals surface area (Å²) in [4.78, 5) is 13.0. The largest absolute Gasteiger partial charge is 0.433 e. The molecule has 0 radical (unpaired) electrons. The van der Waals surface area contributed by atoms with E-state index in [1.165, 1.54) is 6.92 Å². The SMILES string of the molecule is CCCN(CC)c1cccc(C/C(C)=C(/N=C(C)c2ncccc2CN2CCOCC2)C(F)(F)F)c1. The lowest BCUT2D eigenvalue weighted by molar-refractivity contribution is -0.0932. The molecule has 2 aromatic rings. The van der Waals surface area contributed by atoms with Crippen LogP contribution < -0.4 is 4.90 Å². The summed E-state index contributed by atoms with van der Waals surface area (Å²) in [5, 5.41) is 0. The quantitative estimate of drug-likeness (QED) is 0.372. The summed E-state index contributed by atoms with van der Waals surface area (Å²) >= 11 is 0. The highest BCUT2D eigenvalue weighted by atomic mass is 19.4. The number of benzene rings is 1. The predicted octanol–water partition coefficient (Wildman–Crippen LogP) is 6.04. The number of halogens is 3. The first-order valence-corrected chi connectivity index (χ1v) is 12.6. The molecular formula is C28H37F3N4O. The van der Waals surface area contributed by atoms with Crippen molar-refractivity contribution in [2.45, 2.75) is 53.3 Å². The van der Waals surface area contributed by atoms with Crippen molar-refractivity contribution >= 4 is 11.4 Å². The van der Waals surface area contributed by atoms with Crippen LogP contribution in [-0.4, -0.2) is 61.2 Å². The van der Waals surface area contributed by atoms with Crippen molar-refractivity contribution in [2.24, 2.45) is 4.99 Å². The number of aliphatic imine (C=N–C) groups is 1. The lowest BCUT2D eigenvalue weighted by atomic mass is 10.0. The monoisotopic (exact) mass is 502 g/mol. The smallest absolute Gasteiger partial charge is 0.379 e. The number of morpholine rings is 1. The topological polar surface area (TPSA) is 41.0 Å². The third-order valence-electron chi connectivity index (χ3n) is 6.30. The molecule has 1 saturated heterocycles. The van der Waals surface area contributed by atoms with Gasteiger partial charge < -0.3 is 9.64 Å². The molecule has 0 atom stereocenters. The number of hydrogen-bond donors (Lipinski definition) is 0. The first kappa shape index (κ1) is 27.9. The van der Waals surface area contributed by atoms with Crippen LogP contribution in [0, 0.1) is 0 Å². The first-order chi connectivity index (χ1) is 17.2. The molecule has 196 valence electrons. The van der Waals surface area contributed by atoms with Crippen molar-refractivity contribution in [1.29, 1.82) is 0 Å². The van der Waals surface area contributed by atoms with Gasteiger partial charge in [0.2, 0.25) is 0 Å². The van der Waals surface area contributed by atoms with Crippen molar-refractivity contribution < 1.29 is 17.9 Å². The zero-order valence-electron chi connectivity index (χ0n) is 21.7. The van der Waals surface area contributed by atoms with E-state index in [1.807, 2.05) is 36.4 Å². The Morgan fingerprint density at radius 3 is 2.53 bits per heavy atom. The van der Waals surface area contributed by atoms with E-state index in [0.29, 0.717) is 25.5 Å². The Labute approximate surface area is 212 Å². The molecule has 5 nitrogen and oxygen atoms in total. The minimum Gasteiger partial charge on any atom is -0.379 e. The van der Waals surface area contributed by atoms with Crippen molar-refractivity contribution in [1.82, 2.24) is 9.88 Å². The molecule has 0 amide bonds. The second-order valence-corrected chi connectivity index (χ2v) is 9.15. The molecule has 1 fully saturated rings. The van der Waals surface area contributed by atoms with Gasteiger partial charge in [0.05, 0.1) is 24.6 Å². The molecule has 0 unspecified atom stereocenters. The van der Waals surface area contributed by atoms with Gasteiger partial charge in [0.1, 0.15) is 5.70 Å². The normalized spacial score (nSPS) is 16.1. The van der Waals surface area contributed by atoms with Crippen molar-refractivity contribution in [2.75, 3.05) is 44.3 Å². The van der Waals surface area contributed by atoms with Gasteiger partial charge in [-0.25, -0.2) is 4.99 Å². The lowest BCUT2D eigenvalue weighted by Crippen LogP contribution is -2.36. The Morgan fingerprint density at radius 2 is 1.86 bits per heavy atom. The minimum absolute atomic E-state index is 0.173. The second-order valence-electron chi connectivity index (χ2n) is 9.15. The molecule has 1 aliphatic rings. The van der Waals surface area contributed by atoms with Crippen LogP contribution in [0.25, 0.3) is 0 Å². The number of anilines is 1. The van der Waals surface area contributed by atoms with Gasteiger partial charge in [0.25, 0.3) is 0 Å². The van der Waals surface area contributed by atoms with E-state index < -0.39 is 11.9 Å². The van der Waals surface area contributed by atoms with Crippen molar-refractivity contribution in [3.63, 3.8) is 0 Å². The van der Waals surface area contributed by atoms with E-state index in [2.05, 4.69) is 33.6 Å². The zero-order chi connectivity index (χ0) is 26.1. The van der Waals surface area contributed by atoms with Crippen LogP contribution in [0.1, 0.15) is 50.9 Å². The molecule has 0 aliphatic carbocycles. The average Bonchev–Trinajstić information content (AvgIpc) is 2.86. The molecule has 1 aromatic heterocycles. The van der Waals surface area contributed by atoms with E-state index >= 15 is 0 Å². The van der Waals surface area contributed by atoms with E-state index in [0.717, 1.165) is 49.4 Å². The fourth-order valence-corrected chi connectivity index (χ4v) is 4.51. The Kier molecular flexibility index (Phi) is 10.1. The van der Waals surface area contributed by atoms with Crippen LogP contribution >= 0.6 is 0 Å². The fraction of sp³-hybridized carbons (Fsp3) is 0.500. The molecule has 0 bridgehead atoms. The molecule has 1 aliphatic heterocycles. The maximum absolute atomic E-state index is 14.2. The zero-order valence-corrected chi connectivity index (χ0v) is 21.7. The standard InChI is InChI=1S/C28H37F3N4O/c1-5-13-35(6-2)25-11-7-9-23(19-25)18-21(3)27(28(29,30)31)33-22(4)26-24(10-8-12-32-26)20-34-14-16-36-17-15-34/h7-12,19H,5-6,13-18,20H2,1-4H3/b27-21+,33-22?. The number of hydrogen-bond acceptors (Lipinski definition) is 5. The van der Waals surface area contributed by atoms with E-state index in [4.69, 9.17) is 4.74 Å². The molecule has 8 heteroatoms. The minimum atomic E-state index is -4.57. The van der Waals surface area contributed by atoms with Gasteiger partial charge >= 0.3 is 6.18 Å².